The maximum Gasteiger partial charge on any atom is 0.253 e. The number of aromatic nitrogens is 1. The van der Waals surface area contributed by atoms with Crippen molar-refractivity contribution in [2.75, 3.05) is 32.1 Å². The van der Waals surface area contributed by atoms with Crippen molar-refractivity contribution in [1.29, 1.82) is 0 Å². The number of carbonyl (C=O) groups excluding carboxylic acids is 1. The smallest absolute Gasteiger partial charge is 0.253 e. The SMILES string of the molecule is Cc1cc(N(C)C)cc(C2CCN(C(=O)c3ccccc3)C2)n1. The molecule has 1 fully saturated rings. The molecule has 4 heteroatoms. The van der Waals surface area contributed by atoms with Crippen LogP contribution in [0.5, 0.6) is 0 Å². The van der Waals surface area contributed by atoms with Gasteiger partial charge in [0.25, 0.3) is 5.91 Å². The Balaban J connectivity index is 1.76. The molecule has 23 heavy (non-hydrogen) atoms. The van der Waals surface area contributed by atoms with E-state index in [1.165, 1.54) is 5.69 Å². The summed E-state index contributed by atoms with van der Waals surface area (Å²) in [5.41, 5.74) is 4.05. The van der Waals surface area contributed by atoms with E-state index in [1.807, 2.05) is 56.3 Å². The van der Waals surface area contributed by atoms with Crippen molar-refractivity contribution in [3.8, 4) is 0 Å². The number of hydrogen-bond acceptors (Lipinski definition) is 3. The molecular formula is C19H23N3O. The molecule has 2 aromatic rings. The summed E-state index contributed by atoms with van der Waals surface area (Å²) in [5, 5.41) is 0. The molecule has 1 aromatic carbocycles. The third-order valence-electron chi connectivity index (χ3n) is 4.39. The van der Waals surface area contributed by atoms with Crippen molar-refractivity contribution in [2.45, 2.75) is 19.3 Å². The van der Waals surface area contributed by atoms with Crippen LogP contribution in [0.1, 0.15) is 34.1 Å². The van der Waals surface area contributed by atoms with E-state index in [0.717, 1.165) is 36.5 Å². The molecule has 0 saturated carbocycles. The van der Waals surface area contributed by atoms with Gasteiger partial charge in [0.05, 0.1) is 0 Å². The number of carbonyl (C=O) groups is 1. The number of hydrogen-bond donors (Lipinski definition) is 0. The maximum absolute atomic E-state index is 12.6. The molecule has 0 N–H and O–H groups in total. The summed E-state index contributed by atoms with van der Waals surface area (Å²) in [6.07, 6.45) is 0.974. The molecule has 3 rings (SSSR count). The number of anilines is 1. The third kappa shape index (κ3) is 3.36. The molecule has 1 saturated heterocycles. The molecule has 0 bridgehead atoms. The highest BCUT2D eigenvalue weighted by molar-refractivity contribution is 5.94. The van der Waals surface area contributed by atoms with Crippen molar-refractivity contribution < 1.29 is 4.79 Å². The fourth-order valence-corrected chi connectivity index (χ4v) is 3.09. The van der Waals surface area contributed by atoms with Gasteiger partial charge in [-0.15, -0.1) is 0 Å². The average molecular weight is 309 g/mol. The summed E-state index contributed by atoms with van der Waals surface area (Å²) < 4.78 is 0. The Morgan fingerprint density at radius 3 is 2.65 bits per heavy atom. The lowest BCUT2D eigenvalue weighted by atomic mass is 10.0. The van der Waals surface area contributed by atoms with E-state index in [2.05, 4.69) is 17.0 Å². The van der Waals surface area contributed by atoms with E-state index < -0.39 is 0 Å². The molecule has 0 spiro atoms. The number of aryl methyl sites for hydroxylation is 1. The topological polar surface area (TPSA) is 36.4 Å². The Bertz CT molecular complexity index is 697. The lowest BCUT2D eigenvalue weighted by Crippen LogP contribution is -2.28. The Morgan fingerprint density at radius 1 is 1.22 bits per heavy atom. The molecule has 1 atom stereocenters. The van der Waals surface area contributed by atoms with Gasteiger partial charge in [0.15, 0.2) is 0 Å². The standard InChI is InChI=1S/C19H23N3O/c1-14-11-17(21(2)3)12-18(20-14)16-9-10-22(13-16)19(23)15-7-5-4-6-8-15/h4-8,11-12,16H,9-10,13H2,1-3H3. The molecule has 1 aliphatic heterocycles. The summed E-state index contributed by atoms with van der Waals surface area (Å²) in [6, 6.07) is 13.7. The Labute approximate surface area is 137 Å². The quantitative estimate of drug-likeness (QED) is 0.874. The Kier molecular flexibility index (Phi) is 4.33. The van der Waals surface area contributed by atoms with Crippen molar-refractivity contribution in [3.63, 3.8) is 0 Å². The summed E-state index contributed by atoms with van der Waals surface area (Å²) in [5.74, 6) is 0.440. The van der Waals surface area contributed by atoms with Crippen LogP contribution in [-0.4, -0.2) is 43.0 Å². The van der Waals surface area contributed by atoms with E-state index in [-0.39, 0.29) is 5.91 Å². The van der Waals surface area contributed by atoms with Crippen LogP contribution < -0.4 is 4.90 Å². The number of nitrogens with zero attached hydrogens (tertiary/aromatic N) is 3. The zero-order valence-corrected chi connectivity index (χ0v) is 14.0. The van der Waals surface area contributed by atoms with Crippen LogP contribution in [0.25, 0.3) is 0 Å². The second-order valence-corrected chi connectivity index (χ2v) is 6.39. The second-order valence-electron chi connectivity index (χ2n) is 6.39. The highest BCUT2D eigenvalue weighted by atomic mass is 16.2. The van der Waals surface area contributed by atoms with Gasteiger partial charge >= 0.3 is 0 Å². The minimum Gasteiger partial charge on any atom is -0.378 e. The van der Waals surface area contributed by atoms with Crippen molar-refractivity contribution in [1.82, 2.24) is 9.88 Å². The first kappa shape index (κ1) is 15.5. The molecule has 2 heterocycles. The maximum atomic E-state index is 12.6. The number of likely N-dealkylation sites (tertiary alicyclic amines) is 1. The minimum atomic E-state index is 0.119. The first-order chi connectivity index (χ1) is 11.0. The Morgan fingerprint density at radius 2 is 1.96 bits per heavy atom. The first-order valence-electron chi connectivity index (χ1n) is 8.05. The fourth-order valence-electron chi connectivity index (χ4n) is 3.09. The number of rotatable bonds is 3. The monoisotopic (exact) mass is 309 g/mol. The highest BCUT2D eigenvalue weighted by Gasteiger charge is 2.29. The molecule has 120 valence electrons. The zero-order valence-electron chi connectivity index (χ0n) is 14.0. The van der Waals surface area contributed by atoms with E-state index in [4.69, 9.17) is 4.98 Å². The molecular weight excluding hydrogens is 286 g/mol. The van der Waals surface area contributed by atoms with Crippen molar-refractivity contribution >= 4 is 11.6 Å². The summed E-state index contributed by atoms with van der Waals surface area (Å²) in [6.45, 7) is 3.57. The van der Waals surface area contributed by atoms with Gasteiger partial charge in [-0.2, -0.15) is 0 Å². The van der Waals surface area contributed by atoms with Crippen LogP contribution in [0, 0.1) is 6.92 Å². The molecule has 1 aliphatic rings. The van der Waals surface area contributed by atoms with Crippen LogP contribution in [0.4, 0.5) is 5.69 Å². The van der Waals surface area contributed by atoms with Crippen LogP contribution in [0.2, 0.25) is 0 Å². The number of pyridine rings is 1. The highest BCUT2D eigenvalue weighted by Crippen LogP contribution is 2.29. The van der Waals surface area contributed by atoms with Gasteiger partial charge in [-0.25, -0.2) is 0 Å². The molecule has 0 radical (unpaired) electrons. The fraction of sp³-hybridized carbons (Fsp3) is 0.368. The normalized spacial score (nSPS) is 17.3. The van der Waals surface area contributed by atoms with Crippen molar-refractivity contribution in [2.24, 2.45) is 0 Å². The van der Waals surface area contributed by atoms with Crippen LogP contribution >= 0.6 is 0 Å². The Hall–Kier alpha value is -2.36. The second kappa shape index (κ2) is 6.41. The van der Waals surface area contributed by atoms with Gasteiger partial charge in [0, 0.05) is 55.7 Å². The predicted octanol–water partition coefficient (Wildman–Crippen LogP) is 3.09. The summed E-state index contributed by atoms with van der Waals surface area (Å²) >= 11 is 0. The number of benzene rings is 1. The predicted molar refractivity (Wildman–Crippen MR) is 93.0 cm³/mol. The van der Waals surface area contributed by atoms with Crippen LogP contribution in [0.3, 0.4) is 0 Å². The van der Waals surface area contributed by atoms with Crippen LogP contribution in [-0.2, 0) is 0 Å². The van der Waals surface area contributed by atoms with E-state index in [9.17, 15) is 4.79 Å². The zero-order chi connectivity index (χ0) is 16.4. The molecule has 1 unspecified atom stereocenters. The van der Waals surface area contributed by atoms with Gasteiger partial charge < -0.3 is 9.80 Å². The van der Waals surface area contributed by atoms with E-state index in [1.54, 1.807) is 0 Å². The lowest BCUT2D eigenvalue weighted by Gasteiger charge is -2.18. The van der Waals surface area contributed by atoms with Gasteiger partial charge in [-0.1, -0.05) is 18.2 Å². The van der Waals surface area contributed by atoms with E-state index >= 15 is 0 Å². The van der Waals surface area contributed by atoms with Gasteiger partial charge in [0.2, 0.25) is 0 Å². The van der Waals surface area contributed by atoms with Crippen molar-refractivity contribution in [3.05, 3.63) is 59.4 Å². The minimum absolute atomic E-state index is 0.119. The molecule has 4 nitrogen and oxygen atoms in total. The van der Waals surface area contributed by atoms with Crippen LogP contribution in [0.15, 0.2) is 42.5 Å². The average Bonchev–Trinajstić information content (AvgIpc) is 3.04. The molecule has 1 amide bonds. The summed E-state index contributed by atoms with van der Waals surface area (Å²) in [7, 11) is 4.08. The molecule has 0 aliphatic carbocycles. The van der Waals surface area contributed by atoms with Gasteiger partial charge in [0.1, 0.15) is 0 Å². The van der Waals surface area contributed by atoms with Gasteiger partial charge in [-0.3, -0.25) is 9.78 Å². The van der Waals surface area contributed by atoms with Gasteiger partial charge in [-0.05, 0) is 37.6 Å². The largest absolute Gasteiger partial charge is 0.378 e. The number of amides is 1. The first-order valence-corrected chi connectivity index (χ1v) is 8.05. The lowest BCUT2D eigenvalue weighted by molar-refractivity contribution is 0.0790. The summed E-state index contributed by atoms with van der Waals surface area (Å²) in [4.78, 5) is 21.3. The third-order valence-corrected chi connectivity index (χ3v) is 4.39. The van der Waals surface area contributed by atoms with E-state index in [0.29, 0.717) is 5.92 Å². The molecule has 1 aromatic heterocycles.